The number of anilines is 2. The Hall–Kier alpha value is -2.38. The number of halogens is 1. The third kappa shape index (κ3) is 4.62. The van der Waals surface area contributed by atoms with Crippen LogP contribution in [0.3, 0.4) is 0 Å². The third-order valence-corrected chi connectivity index (χ3v) is 5.12. The van der Waals surface area contributed by atoms with E-state index in [1.807, 2.05) is 6.92 Å². The lowest BCUT2D eigenvalue weighted by Crippen LogP contribution is -2.30. The second-order valence-corrected chi connectivity index (χ2v) is 7.32. The van der Waals surface area contributed by atoms with E-state index in [0.29, 0.717) is 21.3 Å². The summed E-state index contributed by atoms with van der Waals surface area (Å²) < 4.78 is 5.29. The van der Waals surface area contributed by atoms with Gasteiger partial charge in [-0.25, -0.2) is 4.79 Å². The first-order valence-electron chi connectivity index (χ1n) is 7.84. The van der Waals surface area contributed by atoms with E-state index < -0.39 is 18.0 Å². The molecule has 1 heterocycles. The zero-order chi connectivity index (χ0) is 19.4. The molecule has 8 heteroatoms. The fourth-order valence-corrected chi connectivity index (χ4v) is 3.47. The summed E-state index contributed by atoms with van der Waals surface area (Å²) in [6.07, 6.45) is -1.04. The highest BCUT2D eigenvalue weighted by Crippen LogP contribution is 2.33. The van der Waals surface area contributed by atoms with Gasteiger partial charge in [0.05, 0.1) is 16.3 Å². The highest BCUT2D eigenvalue weighted by Gasteiger charge is 2.25. The summed E-state index contributed by atoms with van der Waals surface area (Å²) in [5.41, 5.74) is 1.41. The van der Waals surface area contributed by atoms with Gasteiger partial charge in [0.2, 0.25) is 5.91 Å². The minimum atomic E-state index is -1.04. The molecule has 1 aromatic heterocycles. The molecule has 0 aliphatic carbocycles. The minimum absolute atomic E-state index is 0.264. The normalized spacial score (nSPS) is 11.6. The predicted molar refractivity (Wildman–Crippen MR) is 103 cm³/mol. The molecular weight excluding hydrogens is 376 g/mol. The summed E-state index contributed by atoms with van der Waals surface area (Å²) in [4.78, 5) is 37.0. The maximum absolute atomic E-state index is 12.5. The lowest BCUT2D eigenvalue weighted by Gasteiger charge is -2.15. The van der Waals surface area contributed by atoms with E-state index in [-0.39, 0.29) is 11.5 Å². The number of aryl methyl sites for hydroxylation is 1. The van der Waals surface area contributed by atoms with Crippen LogP contribution in [0.15, 0.2) is 24.3 Å². The molecule has 1 atom stereocenters. The largest absolute Gasteiger partial charge is 0.449 e. The van der Waals surface area contributed by atoms with E-state index >= 15 is 0 Å². The van der Waals surface area contributed by atoms with Crippen LogP contribution >= 0.6 is 22.9 Å². The lowest BCUT2D eigenvalue weighted by atomic mass is 10.1. The van der Waals surface area contributed by atoms with Gasteiger partial charge in [0.25, 0.3) is 5.91 Å². The van der Waals surface area contributed by atoms with Gasteiger partial charge in [0.1, 0.15) is 5.00 Å². The first kappa shape index (κ1) is 19.9. The van der Waals surface area contributed by atoms with Crippen molar-refractivity contribution in [3.05, 3.63) is 45.3 Å². The van der Waals surface area contributed by atoms with Crippen molar-refractivity contribution < 1.29 is 19.1 Å². The van der Waals surface area contributed by atoms with Crippen LogP contribution < -0.4 is 10.6 Å². The second-order valence-electron chi connectivity index (χ2n) is 5.69. The number of nitrogens with one attached hydrogen (secondary N) is 2. The van der Waals surface area contributed by atoms with E-state index in [1.54, 1.807) is 31.2 Å². The molecular formula is C18H19ClN2O4S. The SMILES string of the molecule is CC(=O)Nc1sc(C)c(C)c1C(=O)O[C@@H](C)C(=O)Nc1ccccc1Cl. The Bertz CT molecular complexity index is 863. The zero-order valence-corrected chi connectivity index (χ0v) is 16.4. The van der Waals surface area contributed by atoms with Gasteiger partial charge in [0, 0.05) is 11.8 Å². The Morgan fingerprint density at radius 1 is 1.15 bits per heavy atom. The predicted octanol–water partition coefficient (Wildman–Crippen LogP) is 4.16. The average molecular weight is 395 g/mol. The Labute approximate surface area is 160 Å². The van der Waals surface area contributed by atoms with Gasteiger partial charge in [-0.2, -0.15) is 0 Å². The Kier molecular flexibility index (Phi) is 6.39. The summed E-state index contributed by atoms with van der Waals surface area (Å²) in [5.74, 6) is -1.46. The zero-order valence-electron chi connectivity index (χ0n) is 14.8. The number of para-hydroxylation sites is 1. The molecule has 0 unspecified atom stereocenters. The van der Waals surface area contributed by atoms with Crippen molar-refractivity contribution in [2.24, 2.45) is 0 Å². The van der Waals surface area contributed by atoms with E-state index in [0.717, 1.165) is 4.88 Å². The summed E-state index contributed by atoms with van der Waals surface area (Å²) >= 11 is 7.29. The molecule has 6 nitrogen and oxygen atoms in total. The number of rotatable bonds is 5. The van der Waals surface area contributed by atoms with E-state index in [4.69, 9.17) is 16.3 Å². The van der Waals surface area contributed by atoms with Crippen LogP contribution in [-0.4, -0.2) is 23.9 Å². The molecule has 0 aliphatic heterocycles. The Morgan fingerprint density at radius 2 is 1.81 bits per heavy atom. The van der Waals surface area contributed by atoms with Crippen LogP contribution in [-0.2, 0) is 14.3 Å². The van der Waals surface area contributed by atoms with Crippen molar-refractivity contribution in [1.82, 2.24) is 0 Å². The van der Waals surface area contributed by atoms with Gasteiger partial charge < -0.3 is 15.4 Å². The van der Waals surface area contributed by atoms with Crippen molar-refractivity contribution in [3.8, 4) is 0 Å². The number of carbonyl (C=O) groups excluding carboxylic acids is 3. The smallest absolute Gasteiger partial charge is 0.342 e. The van der Waals surface area contributed by atoms with E-state index in [2.05, 4.69) is 10.6 Å². The monoisotopic (exact) mass is 394 g/mol. The van der Waals surface area contributed by atoms with Gasteiger partial charge in [-0.15, -0.1) is 11.3 Å². The van der Waals surface area contributed by atoms with Crippen molar-refractivity contribution in [2.45, 2.75) is 33.8 Å². The number of thiophene rings is 1. The number of esters is 1. The van der Waals surface area contributed by atoms with Crippen LogP contribution in [0.2, 0.25) is 5.02 Å². The average Bonchev–Trinajstić information content (AvgIpc) is 2.82. The first-order valence-corrected chi connectivity index (χ1v) is 9.04. The number of hydrogen-bond acceptors (Lipinski definition) is 5. The maximum atomic E-state index is 12.5. The van der Waals surface area contributed by atoms with Gasteiger partial charge in [-0.1, -0.05) is 23.7 Å². The van der Waals surface area contributed by atoms with Gasteiger partial charge in [-0.3, -0.25) is 9.59 Å². The maximum Gasteiger partial charge on any atom is 0.342 e. The standard InChI is InChI=1S/C18H19ClN2O4S/c1-9-11(3)26-17(20-12(4)22)15(9)18(24)25-10(2)16(23)21-14-8-6-5-7-13(14)19/h5-8,10H,1-4H3,(H,20,22)(H,21,23)/t10-/m0/s1. The molecule has 2 amide bonds. The molecule has 2 rings (SSSR count). The molecule has 0 saturated carbocycles. The Balaban J connectivity index is 2.13. The van der Waals surface area contributed by atoms with Gasteiger partial charge in [-0.05, 0) is 38.5 Å². The molecule has 0 fully saturated rings. The van der Waals surface area contributed by atoms with Crippen LogP contribution in [0, 0.1) is 13.8 Å². The number of ether oxygens (including phenoxy) is 1. The van der Waals surface area contributed by atoms with Crippen LogP contribution in [0.4, 0.5) is 10.7 Å². The summed E-state index contributed by atoms with van der Waals surface area (Å²) in [6.45, 7) is 6.44. The quantitative estimate of drug-likeness (QED) is 0.745. The molecule has 26 heavy (non-hydrogen) atoms. The highest BCUT2D eigenvalue weighted by molar-refractivity contribution is 7.16. The van der Waals surface area contributed by atoms with Gasteiger partial charge in [0.15, 0.2) is 6.10 Å². The number of hydrogen-bond donors (Lipinski definition) is 2. The second kappa shape index (κ2) is 8.33. The number of amides is 2. The van der Waals surface area contributed by atoms with Crippen molar-refractivity contribution in [1.29, 1.82) is 0 Å². The molecule has 2 N–H and O–H groups in total. The molecule has 0 radical (unpaired) electrons. The number of benzene rings is 1. The van der Waals surface area contributed by atoms with Crippen LogP contribution in [0.5, 0.6) is 0 Å². The highest BCUT2D eigenvalue weighted by atomic mass is 35.5. The summed E-state index contributed by atoms with van der Waals surface area (Å²) in [5, 5.41) is 6.04. The summed E-state index contributed by atoms with van der Waals surface area (Å²) in [6, 6.07) is 6.77. The van der Waals surface area contributed by atoms with E-state index in [9.17, 15) is 14.4 Å². The van der Waals surface area contributed by atoms with Crippen LogP contribution in [0.1, 0.15) is 34.6 Å². The molecule has 2 aromatic rings. The van der Waals surface area contributed by atoms with Crippen molar-refractivity contribution >= 4 is 51.4 Å². The fraction of sp³-hybridized carbons (Fsp3) is 0.278. The summed E-state index contributed by atoms with van der Waals surface area (Å²) in [7, 11) is 0. The molecule has 1 aromatic carbocycles. The van der Waals surface area contributed by atoms with Crippen LogP contribution in [0.25, 0.3) is 0 Å². The topological polar surface area (TPSA) is 84.5 Å². The van der Waals surface area contributed by atoms with E-state index in [1.165, 1.54) is 25.2 Å². The number of carbonyl (C=O) groups is 3. The molecule has 138 valence electrons. The van der Waals surface area contributed by atoms with Crippen molar-refractivity contribution in [3.63, 3.8) is 0 Å². The third-order valence-electron chi connectivity index (χ3n) is 3.66. The molecule has 0 aliphatic rings. The fourth-order valence-electron chi connectivity index (χ4n) is 2.19. The Morgan fingerprint density at radius 3 is 2.42 bits per heavy atom. The molecule has 0 bridgehead atoms. The molecule has 0 saturated heterocycles. The van der Waals surface area contributed by atoms with Gasteiger partial charge >= 0.3 is 5.97 Å². The lowest BCUT2D eigenvalue weighted by molar-refractivity contribution is -0.123. The van der Waals surface area contributed by atoms with Crippen molar-refractivity contribution in [2.75, 3.05) is 10.6 Å². The molecule has 0 spiro atoms. The first-order chi connectivity index (χ1) is 12.2. The minimum Gasteiger partial charge on any atom is -0.449 e.